The molecule has 654 valence electrons. The van der Waals surface area contributed by atoms with Crippen LogP contribution in [-0.2, 0) is 20.1 Å². The van der Waals surface area contributed by atoms with Crippen LogP contribution in [0.5, 0.6) is 0 Å². The lowest BCUT2D eigenvalue weighted by molar-refractivity contribution is 0.00578. The number of hydrogen-bond donors (Lipinski definition) is 0. The van der Waals surface area contributed by atoms with Crippen LogP contribution >= 0.6 is 58.1 Å². The Labute approximate surface area is 823 Å². The molecular weight excluding hydrogens is 1830 g/mol. The van der Waals surface area contributed by atoms with E-state index < -0.39 is 10.8 Å². The fourth-order valence-corrected chi connectivity index (χ4v) is 23.0. The molecule has 25 rings (SSSR count). The van der Waals surface area contributed by atoms with Crippen LogP contribution in [0.2, 0.25) is 5.28 Å². The molecule has 13 heteroatoms. The maximum Gasteiger partial charge on any atom is 0.494 e. The fraction of sp³-hybridized carbons (Fsp3) is 0.0732. The van der Waals surface area contributed by atoms with Gasteiger partial charge in [0.25, 0.3) is 0 Å². The molecule has 2 aliphatic carbocycles. The zero-order valence-electron chi connectivity index (χ0n) is 75.4. The van der Waals surface area contributed by atoms with Crippen molar-refractivity contribution in [2.75, 3.05) is 0 Å². The van der Waals surface area contributed by atoms with Crippen molar-refractivity contribution >= 4 is 111 Å². The number of halogens is 2. The van der Waals surface area contributed by atoms with E-state index in [0.29, 0.717) is 29.1 Å². The van der Waals surface area contributed by atoms with E-state index in [1.165, 1.54) is 131 Å². The number of hydrogen-bond acceptors (Lipinski definition) is 10. The van der Waals surface area contributed by atoms with Gasteiger partial charge in [0.05, 0.1) is 22.0 Å². The number of thiophene rings is 2. The number of benzene rings is 18. The van der Waals surface area contributed by atoms with Crippen molar-refractivity contribution < 1.29 is 9.31 Å². The molecule has 22 aromatic rings. The van der Waals surface area contributed by atoms with Crippen molar-refractivity contribution in [1.82, 2.24) is 29.9 Å². The maximum atomic E-state index is 6.68. The van der Waals surface area contributed by atoms with E-state index in [0.717, 1.165) is 77.8 Å². The second-order valence-electron chi connectivity index (χ2n) is 35.2. The van der Waals surface area contributed by atoms with E-state index in [1.807, 2.05) is 59.1 Å². The van der Waals surface area contributed by atoms with Crippen LogP contribution in [-0.4, -0.2) is 48.8 Å². The second-order valence-corrected chi connectivity index (χ2v) is 37.7. The van der Waals surface area contributed by atoms with E-state index in [-0.39, 0.29) is 31.0 Å². The first-order valence-electron chi connectivity index (χ1n) is 45.8. The summed E-state index contributed by atoms with van der Waals surface area (Å²) in [6.45, 7) is 8.35. The van der Waals surface area contributed by atoms with E-state index in [1.54, 1.807) is 0 Å². The predicted molar refractivity (Wildman–Crippen MR) is 578 cm³/mol. The van der Waals surface area contributed by atoms with Crippen molar-refractivity contribution in [2.24, 2.45) is 0 Å². The van der Waals surface area contributed by atoms with Crippen LogP contribution in [0.1, 0.15) is 79.6 Å². The molecule has 1 aliphatic heterocycles. The first-order valence-corrected chi connectivity index (χ1v) is 47.4. The maximum absolute atomic E-state index is 6.68. The third-order valence-electron chi connectivity index (χ3n) is 27.2. The third kappa shape index (κ3) is 15.3. The average Bonchev–Trinajstić information content (AvgIpc) is 1.54. The lowest BCUT2D eigenvalue weighted by Crippen LogP contribution is -2.41. The van der Waals surface area contributed by atoms with Gasteiger partial charge in [-0.3, -0.25) is 0 Å². The SMILES string of the molecule is C.CC1(C)OB(c2ccc(-c3cccc4c3sc3ccccc34)cc2)OC1(C)C.Clc1nc(-c2ccccc2-c2ccccc2)nc(-c2cccc3c2-c2ccccc2C3(c2ccccc2)c2ccccc2)n1.[2H]I.c1ccc(-c2ccccc2-c2nc(-c3ccc(-c4cccc5c4sc4ccccc45)cc3)nc(-c3cccc4c3-c3ccccc3C4(c3ccccc3)c3ccccc3)n2)cc1. The highest BCUT2D eigenvalue weighted by Gasteiger charge is 2.53. The van der Waals surface area contributed by atoms with Gasteiger partial charge in [-0.1, -0.05) is 444 Å². The summed E-state index contributed by atoms with van der Waals surface area (Å²) in [5.41, 5.74) is 27.5. The zero-order chi connectivity index (χ0) is 92.1. The monoisotopic (exact) mass is 1920 g/mol. The van der Waals surface area contributed by atoms with Gasteiger partial charge in [-0.05, 0) is 168 Å². The van der Waals surface area contributed by atoms with Gasteiger partial charge in [-0.15, -0.1) is 46.5 Å². The second kappa shape index (κ2) is 36.7. The van der Waals surface area contributed by atoms with E-state index in [9.17, 15) is 0 Å². The normalized spacial score (nSPS) is 13.7. The molecule has 136 heavy (non-hydrogen) atoms. The third-order valence-corrected chi connectivity index (χ3v) is 29.8. The first-order chi connectivity index (χ1) is 66.9. The van der Waals surface area contributed by atoms with Gasteiger partial charge < -0.3 is 9.31 Å². The Bertz CT molecular complexity index is 8130. The van der Waals surface area contributed by atoms with Crippen LogP contribution in [0.15, 0.2) is 449 Å². The Morgan fingerprint density at radius 3 is 0.934 bits per heavy atom. The standard InChI is InChI=1S/C58H37N3S.C40H26ClN3.C24H23BO2S.CH4.HI/c1-4-18-38(19-5-1)43-24-10-11-26-47(43)56-59-55(40-36-34-39(35-37-40)44-28-16-29-46-45-25-13-15-33-52(45)62-54(44)46)60-57(61-56)49-30-17-32-51-53(49)48-27-12-14-31-50(48)58(51,41-20-6-2-7-21-41)42-22-8-3-9-23-42;41-39-43-37(31-22-11-10-21-30(31)27-15-4-1-5-16-27)42-38(44-39)33-24-14-26-35-36(33)32-23-12-13-25-34(32)40(35,28-17-6-2-7-18-28)29-19-8-3-9-20-29;1-23(2)24(3,4)27-25(26-23)17-14-12-16(13-15-17)18-9-7-10-20-19-8-5-6-11-21(19)28-22(18)20;;/h1-37H;1-26H;5-15H,1-4H3;1H4;1H/i/hD. The van der Waals surface area contributed by atoms with Crippen molar-refractivity contribution in [3.8, 4) is 124 Å². The highest BCUT2D eigenvalue weighted by molar-refractivity contribution is 14.0. The summed E-state index contributed by atoms with van der Waals surface area (Å²) >= 11 is 11.8. The Hall–Kier alpha value is -14.6. The molecule has 0 bridgehead atoms. The molecule has 0 saturated carbocycles. The van der Waals surface area contributed by atoms with Crippen LogP contribution in [0.25, 0.3) is 164 Å². The van der Waals surface area contributed by atoms with Gasteiger partial charge in [0.2, 0.25) is 5.28 Å². The van der Waals surface area contributed by atoms with Gasteiger partial charge in [-0.2, -0.15) is 9.97 Å². The summed E-state index contributed by atoms with van der Waals surface area (Å²) in [5, 5.41) is 5.41. The van der Waals surface area contributed by atoms with Gasteiger partial charge in [0.1, 0.15) is 0.594 Å². The summed E-state index contributed by atoms with van der Waals surface area (Å²) < 4.78 is 23.4. The quantitative estimate of drug-likeness (QED) is 0.0785. The van der Waals surface area contributed by atoms with Crippen LogP contribution in [0.4, 0.5) is 0 Å². The summed E-state index contributed by atoms with van der Waals surface area (Å²) in [6.07, 6.45) is 0. The van der Waals surface area contributed by atoms with Gasteiger partial charge >= 0.3 is 7.12 Å². The minimum absolute atomic E-state index is 0. The molecule has 1 saturated heterocycles. The minimum atomic E-state index is -0.545. The topological polar surface area (TPSA) is 95.8 Å². The van der Waals surface area contributed by atoms with Crippen LogP contribution in [0, 0.1) is 0 Å². The lowest BCUT2D eigenvalue weighted by Gasteiger charge is -2.33. The zero-order valence-corrected chi connectivity index (χ0v) is 78.9. The highest BCUT2D eigenvalue weighted by atomic mass is 127. The smallest absolute Gasteiger partial charge is 0.399 e. The van der Waals surface area contributed by atoms with Gasteiger partial charge in [-0.25, -0.2) is 19.9 Å². The molecule has 1 fully saturated rings. The number of aromatic nitrogens is 6. The molecule has 0 atom stereocenters. The Morgan fingerprint density at radius 1 is 0.250 bits per heavy atom. The molecular formula is C123H91BClIN6O2S2. The Balaban J connectivity index is 0.000000130. The number of fused-ring (bicyclic) bond motifs is 12. The summed E-state index contributed by atoms with van der Waals surface area (Å²) in [6, 6.07) is 159. The molecule has 0 N–H and O–H groups in total. The minimum Gasteiger partial charge on any atom is -0.399 e. The molecule has 5 heterocycles. The number of rotatable bonds is 14. The molecule has 18 aromatic carbocycles. The Kier molecular flexibility index (Phi) is 23.4. The fourth-order valence-electron chi connectivity index (χ4n) is 20.3. The van der Waals surface area contributed by atoms with Gasteiger partial charge in [0.15, 0.2) is 29.1 Å². The molecule has 4 aromatic heterocycles. The Morgan fingerprint density at radius 2 is 0.522 bits per heavy atom. The predicted octanol–water partition coefficient (Wildman–Crippen LogP) is 32.1. The molecule has 0 unspecified atom stereocenters. The van der Waals surface area contributed by atoms with E-state index in [2.05, 4.69) is 445 Å². The van der Waals surface area contributed by atoms with Gasteiger partial charge in [0, 0.05) is 68.2 Å². The van der Waals surface area contributed by atoms with Crippen molar-refractivity contribution in [2.45, 2.75) is 57.2 Å². The summed E-state index contributed by atoms with van der Waals surface area (Å²) in [4.78, 5) is 30.6. The molecule has 8 nitrogen and oxygen atoms in total. The van der Waals surface area contributed by atoms with Crippen LogP contribution in [0.3, 0.4) is 0 Å². The largest absolute Gasteiger partial charge is 0.494 e. The molecule has 0 spiro atoms. The molecule has 0 radical (unpaired) electrons. The average molecular weight is 1920 g/mol. The van der Waals surface area contributed by atoms with Crippen molar-refractivity contribution in [1.29, 1.82) is 0.594 Å². The summed E-state index contributed by atoms with van der Waals surface area (Å²) in [5.74, 6) is 2.98. The molecule has 0 amide bonds. The number of nitrogens with zero attached hydrogens (tertiary/aromatic N) is 6. The summed E-state index contributed by atoms with van der Waals surface area (Å²) in [7, 11) is -0.320. The molecule has 3 aliphatic rings. The lowest BCUT2D eigenvalue weighted by atomic mass is 9.67. The first kappa shape index (κ1) is 86.8. The van der Waals surface area contributed by atoms with Crippen molar-refractivity contribution in [3.63, 3.8) is 0 Å². The highest BCUT2D eigenvalue weighted by Crippen LogP contribution is 2.61. The van der Waals surface area contributed by atoms with E-state index in [4.69, 9.17) is 46.4 Å². The van der Waals surface area contributed by atoms with E-state index >= 15 is 0 Å². The van der Waals surface area contributed by atoms with Crippen molar-refractivity contribution in [3.05, 3.63) is 499 Å². The van der Waals surface area contributed by atoms with Crippen LogP contribution < -0.4 is 5.46 Å².